The van der Waals surface area contributed by atoms with Gasteiger partial charge in [0.15, 0.2) is 0 Å². The van der Waals surface area contributed by atoms with Gasteiger partial charge in [-0.05, 0) is 59.8 Å². The third-order valence-electron chi connectivity index (χ3n) is 3.57. The molecule has 1 aliphatic carbocycles. The SMILES string of the molecule is CC(C1CC1)N(CC(F)(F)F)C(=O)c1ccc(Cl)cc1Br. The highest BCUT2D eigenvalue weighted by Gasteiger charge is 2.41. The molecule has 1 atom stereocenters. The minimum absolute atomic E-state index is 0.155. The van der Waals surface area contributed by atoms with Gasteiger partial charge in [0, 0.05) is 15.5 Å². The van der Waals surface area contributed by atoms with Crippen LogP contribution in [0.5, 0.6) is 0 Å². The van der Waals surface area contributed by atoms with Crippen LogP contribution in [0, 0.1) is 5.92 Å². The van der Waals surface area contributed by atoms with Crippen LogP contribution in [-0.2, 0) is 0 Å². The van der Waals surface area contributed by atoms with Crippen molar-refractivity contribution in [2.24, 2.45) is 5.92 Å². The Hall–Kier alpha value is -0.750. The minimum atomic E-state index is -4.42. The normalized spacial score (nSPS) is 16.7. The molecule has 0 heterocycles. The molecule has 0 aromatic heterocycles. The van der Waals surface area contributed by atoms with Gasteiger partial charge < -0.3 is 4.90 Å². The molecular formula is C14H14BrClF3NO. The topological polar surface area (TPSA) is 20.3 Å². The molecule has 2 rings (SSSR count). The molecule has 1 aromatic carbocycles. The lowest BCUT2D eigenvalue weighted by atomic mass is 10.1. The molecule has 0 aliphatic heterocycles. The summed E-state index contributed by atoms with van der Waals surface area (Å²) in [6.07, 6.45) is -2.69. The van der Waals surface area contributed by atoms with Gasteiger partial charge in [-0.1, -0.05) is 11.6 Å². The minimum Gasteiger partial charge on any atom is -0.327 e. The first-order valence-corrected chi connectivity index (χ1v) is 7.69. The first-order chi connectivity index (χ1) is 9.69. The zero-order valence-corrected chi connectivity index (χ0v) is 13.6. The first-order valence-electron chi connectivity index (χ1n) is 6.52. The van der Waals surface area contributed by atoms with Crippen molar-refractivity contribution in [3.8, 4) is 0 Å². The number of carbonyl (C=O) groups is 1. The Labute approximate surface area is 134 Å². The monoisotopic (exact) mass is 383 g/mol. The van der Waals surface area contributed by atoms with Gasteiger partial charge in [0.2, 0.25) is 0 Å². The zero-order chi connectivity index (χ0) is 15.8. The maximum atomic E-state index is 12.8. The van der Waals surface area contributed by atoms with E-state index < -0.39 is 24.7 Å². The standard InChI is InChI=1S/C14H14BrClF3NO/c1-8(9-2-3-9)20(7-14(17,18)19)13(21)11-5-4-10(16)6-12(11)15/h4-6,8-9H,2-3,7H2,1H3. The summed E-state index contributed by atoms with van der Waals surface area (Å²) >= 11 is 8.98. The fourth-order valence-corrected chi connectivity index (χ4v) is 3.10. The number of halogens is 5. The van der Waals surface area contributed by atoms with Crippen molar-refractivity contribution >= 4 is 33.4 Å². The second kappa shape index (κ2) is 6.16. The summed E-state index contributed by atoms with van der Waals surface area (Å²) < 4.78 is 38.7. The quantitative estimate of drug-likeness (QED) is 0.722. The van der Waals surface area contributed by atoms with Crippen LogP contribution in [-0.4, -0.2) is 29.6 Å². The van der Waals surface area contributed by atoms with Crippen LogP contribution in [0.1, 0.15) is 30.1 Å². The summed E-state index contributed by atoms with van der Waals surface area (Å²) in [6, 6.07) is 4.01. The number of hydrogen-bond donors (Lipinski definition) is 0. The van der Waals surface area contributed by atoms with Crippen molar-refractivity contribution in [2.75, 3.05) is 6.54 Å². The van der Waals surface area contributed by atoms with Crippen molar-refractivity contribution in [2.45, 2.75) is 32.0 Å². The molecule has 1 fully saturated rings. The van der Waals surface area contributed by atoms with Gasteiger partial charge in [-0.2, -0.15) is 13.2 Å². The average molecular weight is 385 g/mol. The molecule has 1 unspecified atom stereocenters. The van der Waals surface area contributed by atoms with Crippen LogP contribution in [0.15, 0.2) is 22.7 Å². The maximum Gasteiger partial charge on any atom is 0.406 e. The largest absolute Gasteiger partial charge is 0.406 e. The van der Waals surface area contributed by atoms with Gasteiger partial charge >= 0.3 is 6.18 Å². The summed E-state index contributed by atoms with van der Waals surface area (Å²) in [5.74, 6) is -0.474. The maximum absolute atomic E-state index is 12.8. The molecular weight excluding hydrogens is 371 g/mol. The Balaban J connectivity index is 2.28. The fourth-order valence-electron chi connectivity index (χ4n) is 2.24. The average Bonchev–Trinajstić information content (AvgIpc) is 3.17. The fraction of sp³-hybridized carbons (Fsp3) is 0.500. The van der Waals surface area contributed by atoms with Crippen LogP contribution in [0.3, 0.4) is 0 Å². The molecule has 0 N–H and O–H groups in total. The first kappa shape index (κ1) is 16.6. The summed E-state index contributed by atoms with van der Waals surface area (Å²) in [5, 5.41) is 0.413. The molecule has 2 nitrogen and oxygen atoms in total. The molecule has 1 aliphatic rings. The Morgan fingerprint density at radius 3 is 2.57 bits per heavy atom. The van der Waals surface area contributed by atoms with Crippen molar-refractivity contribution in [1.82, 2.24) is 4.90 Å². The van der Waals surface area contributed by atoms with E-state index in [1.54, 1.807) is 6.92 Å². The number of amides is 1. The predicted octanol–water partition coefficient (Wildman–Crippen LogP) is 4.91. The second-order valence-corrected chi connectivity index (χ2v) is 6.54. The third-order valence-corrected chi connectivity index (χ3v) is 4.46. The lowest BCUT2D eigenvalue weighted by Gasteiger charge is -2.30. The Morgan fingerprint density at radius 2 is 2.10 bits per heavy atom. The van der Waals surface area contributed by atoms with E-state index in [9.17, 15) is 18.0 Å². The van der Waals surface area contributed by atoms with E-state index in [4.69, 9.17) is 11.6 Å². The molecule has 1 saturated carbocycles. The third kappa shape index (κ3) is 4.36. The zero-order valence-electron chi connectivity index (χ0n) is 11.3. The molecule has 7 heteroatoms. The molecule has 0 radical (unpaired) electrons. The van der Waals surface area contributed by atoms with Gasteiger partial charge in [-0.15, -0.1) is 0 Å². The van der Waals surface area contributed by atoms with E-state index in [0.29, 0.717) is 9.50 Å². The van der Waals surface area contributed by atoms with Crippen molar-refractivity contribution in [1.29, 1.82) is 0 Å². The number of hydrogen-bond acceptors (Lipinski definition) is 1. The van der Waals surface area contributed by atoms with Crippen molar-refractivity contribution < 1.29 is 18.0 Å². The number of benzene rings is 1. The Kier molecular flexibility index (Phi) is 4.88. The molecule has 0 spiro atoms. The molecule has 21 heavy (non-hydrogen) atoms. The smallest absolute Gasteiger partial charge is 0.327 e. The molecule has 116 valence electrons. The van der Waals surface area contributed by atoms with Gasteiger partial charge in [0.25, 0.3) is 5.91 Å². The van der Waals surface area contributed by atoms with Crippen LogP contribution in [0.2, 0.25) is 5.02 Å². The van der Waals surface area contributed by atoms with E-state index in [1.165, 1.54) is 18.2 Å². The number of rotatable bonds is 4. The van der Waals surface area contributed by atoms with E-state index in [2.05, 4.69) is 15.9 Å². The van der Waals surface area contributed by atoms with Crippen LogP contribution in [0.25, 0.3) is 0 Å². The van der Waals surface area contributed by atoms with Gasteiger partial charge in [-0.3, -0.25) is 4.79 Å². The van der Waals surface area contributed by atoms with E-state index >= 15 is 0 Å². The predicted molar refractivity (Wildman–Crippen MR) is 78.4 cm³/mol. The Morgan fingerprint density at radius 1 is 1.48 bits per heavy atom. The molecule has 1 aromatic rings. The number of nitrogens with zero attached hydrogens (tertiary/aromatic N) is 1. The van der Waals surface area contributed by atoms with Crippen molar-refractivity contribution in [3.63, 3.8) is 0 Å². The van der Waals surface area contributed by atoms with E-state index in [1.807, 2.05) is 0 Å². The summed E-state index contributed by atoms with van der Waals surface area (Å²) in [7, 11) is 0. The lowest BCUT2D eigenvalue weighted by Crippen LogP contribution is -2.45. The second-order valence-electron chi connectivity index (χ2n) is 5.25. The van der Waals surface area contributed by atoms with Crippen molar-refractivity contribution in [3.05, 3.63) is 33.3 Å². The summed E-state index contributed by atoms with van der Waals surface area (Å²) in [5.41, 5.74) is 0.191. The van der Waals surface area contributed by atoms with Gasteiger partial charge in [-0.25, -0.2) is 0 Å². The van der Waals surface area contributed by atoms with Crippen LogP contribution >= 0.6 is 27.5 Å². The van der Waals surface area contributed by atoms with Gasteiger partial charge in [0.1, 0.15) is 6.54 Å². The lowest BCUT2D eigenvalue weighted by molar-refractivity contribution is -0.144. The molecule has 0 bridgehead atoms. The molecule has 1 amide bonds. The van der Waals surface area contributed by atoms with Gasteiger partial charge in [0.05, 0.1) is 5.56 Å². The van der Waals surface area contributed by atoms with E-state index in [0.717, 1.165) is 17.7 Å². The Bertz CT molecular complexity index is 546. The molecule has 0 saturated heterocycles. The van der Waals surface area contributed by atoms with Crippen LogP contribution < -0.4 is 0 Å². The number of carbonyl (C=O) groups excluding carboxylic acids is 1. The summed E-state index contributed by atoms with van der Waals surface area (Å²) in [6.45, 7) is 0.434. The highest BCUT2D eigenvalue weighted by atomic mass is 79.9. The summed E-state index contributed by atoms with van der Waals surface area (Å²) in [4.78, 5) is 13.4. The highest BCUT2D eigenvalue weighted by molar-refractivity contribution is 9.10. The van der Waals surface area contributed by atoms with Crippen LogP contribution in [0.4, 0.5) is 13.2 Å². The van der Waals surface area contributed by atoms with E-state index in [-0.39, 0.29) is 11.5 Å². The number of alkyl halides is 3. The highest BCUT2D eigenvalue weighted by Crippen LogP contribution is 2.37.